The summed E-state index contributed by atoms with van der Waals surface area (Å²) in [5.41, 5.74) is -0.732. The van der Waals surface area contributed by atoms with Crippen molar-refractivity contribution in [3.63, 3.8) is 0 Å². The predicted molar refractivity (Wildman–Crippen MR) is 358 cm³/mol. The first-order valence-corrected chi connectivity index (χ1v) is 41.4. The number of Topliss-reactive ketones (excluding diaryl/α,β-unsaturated/α-hetero) is 1. The van der Waals surface area contributed by atoms with E-state index in [2.05, 4.69) is 52.3 Å². The van der Waals surface area contributed by atoms with Crippen LogP contribution in [-0.2, 0) is 65.4 Å². The molecule has 0 bridgehead atoms. The smallest absolute Gasteiger partial charge is 0.186 e. The van der Waals surface area contributed by atoms with Gasteiger partial charge in [-0.2, -0.15) is 9.59 Å². The van der Waals surface area contributed by atoms with Crippen LogP contribution >= 0.6 is 0 Å². The van der Waals surface area contributed by atoms with Crippen LogP contribution in [0.5, 0.6) is 5.75 Å². The Morgan fingerprint density at radius 2 is 1.05 bits per heavy atom. The van der Waals surface area contributed by atoms with Crippen LogP contribution in [0, 0.1) is 11.3 Å². The van der Waals surface area contributed by atoms with Crippen LogP contribution < -0.4 is 31.3 Å². The molecule has 0 spiro atoms. The van der Waals surface area contributed by atoms with Gasteiger partial charge in [-0.25, -0.2) is 9.59 Å². The van der Waals surface area contributed by atoms with Gasteiger partial charge < -0.3 is 45.5 Å². The quantitative estimate of drug-likeness (QED) is 0.0159. The molecule has 0 heterocycles. The molecule has 0 unspecified atom stereocenters. The van der Waals surface area contributed by atoms with Crippen molar-refractivity contribution in [2.45, 2.75) is 247 Å². The van der Waals surface area contributed by atoms with E-state index >= 15 is 0 Å². The van der Waals surface area contributed by atoms with Gasteiger partial charge in [-0.05, 0) is 135 Å². The number of ether oxygens (including phenoxy) is 4. The first-order chi connectivity index (χ1) is 42.6. The number of hydrogen-bond acceptors (Lipinski definition) is 14. The summed E-state index contributed by atoms with van der Waals surface area (Å²) in [6.45, 7) is 28.3. The molecule has 0 saturated carbocycles. The SMILES string of the molecule is CC(C)(C)OC(=O)CC[C@H](NC(=O)N[C@@H](CCCCNC(=O)[C@H](Cc1ccccc1)NC(=O)COc1ccc(C[C@H](CC(=O)CNC(=O)c2ccccc2)C(=O)OC(C)(C)C)cc1)C(C)(C)C)C(=O)OC(C)(C)C.CCC[CH2][Sn]([CH3])([CH2]CCC)[CH2]CCC.O=C=O. The van der Waals surface area contributed by atoms with Crippen molar-refractivity contribution in [3.8, 4) is 5.75 Å². The molecule has 91 heavy (non-hydrogen) atoms. The average Bonchev–Trinajstić information content (AvgIpc) is 2.55. The first kappa shape index (κ1) is 82.4. The Kier molecular flexibility index (Phi) is 38.5. The van der Waals surface area contributed by atoms with Crippen LogP contribution in [0.2, 0.25) is 18.2 Å². The molecule has 0 aliphatic heterocycles. The van der Waals surface area contributed by atoms with Crippen molar-refractivity contribution >= 4 is 72.0 Å². The van der Waals surface area contributed by atoms with Gasteiger partial charge >= 0.3 is 126 Å². The summed E-state index contributed by atoms with van der Waals surface area (Å²) in [5.74, 6) is -3.81. The van der Waals surface area contributed by atoms with Gasteiger partial charge in [0.15, 0.2) is 12.4 Å². The van der Waals surface area contributed by atoms with Gasteiger partial charge in [0.1, 0.15) is 34.6 Å². The Balaban J connectivity index is 0.00000212. The van der Waals surface area contributed by atoms with Crippen molar-refractivity contribution in [3.05, 3.63) is 102 Å². The number of benzene rings is 3. The second-order valence-corrected chi connectivity index (χ2v) is 42.3. The molecule has 508 valence electrons. The van der Waals surface area contributed by atoms with Crippen LogP contribution in [0.15, 0.2) is 84.9 Å². The van der Waals surface area contributed by atoms with Gasteiger partial charge in [-0.1, -0.05) is 81.4 Å². The van der Waals surface area contributed by atoms with Gasteiger partial charge in [0.2, 0.25) is 5.91 Å². The molecule has 19 nitrogen and oxygen atoms in total. The number of hydrogen-bond donors (Lipinski definition) is 5. The molecular formula is C71H111N5O14Sn. The third kappa shape index (κ3) is 39.4. The first-order valence-electron chi connectivity index (χ1n) is 32.5. The van der Waals surface area contributed by atoms with Gasteiger partial charge in [-0.15, -0.1) is 0 Å². The van der Waals surface area contributed by atoms with E-state index in [1.54, 1.807) is 130 Å². The van der Waals surface area contributed by atoms with E-state index in [4.69, 9.17) is 28.5 Å². The Morgan fingerprint density at radius 1 is 0.549 bits per heavy atom. The summed E-state index contributed by atoms with van der Waals surface area (Å²) in [6.07, 6.45) is 10.9. The summed E-state index contributed by atoms with van der Waals surface area (Å²) in [7, 11) is 0. The summed E-state index contributed by atoms with van der Waals surface area (Å²) < 4.78 is 27.4. The Hall–Kier alpha value is -6.60. The van der Waals surface area contributed by atoms with Gasteiger partial charge in [0, 0.05) is 37.4 Å². The molecule has 0 aliphatic carbocycles. The van der Waals surface area contributed by atoms with E-state index in [1.165, 1.54) is 38.5 Å². The van der Waals surface area contributed by atoms with E-state index in [-0.39, 0.29) is 67.9 Å². The molecule has 0 fully saturated rings. The molecule has 3 rings (SSSR count). The zero-order chi connectivity index (χ0) is 68.9. The maximum atomic E-state index is 13.6. The molecule has 5 N–H and O–H groups in total. The van der Waals surface area contributed by atoms with Crippen LogP contribution in [0.3, 0.4) is 0 Å². The normalized spacial score (nSPS) is 12.8. The zero-order valence-electron chi connectivity index (χ0n) is 57.7. The van der Waals surface area contributed by atoms with Gasteiger partial charge in [0.25, 0.3) is 11.8 Å². The molecule has 0 radical (unpaired) electrons. The number of nitrogens with one attached hydrogen (secondary N) is 5. The van der Waals surface area contributed by atoms with Crippen molar-refractivity contribution in [1.29, 1.82) is 0 Å². The van der Waals surface area contributed by atoms with Crippen LogP contribution in [0.25, 0.3) is 0 Å². The molecular weight excluding hydrogens is 1270 g/mol. The van der Waals surface area contributed by atoms with E-state index in [0.717, 1.165) is 5.56 Å². The van der Waals surface area contributed by atoms with Crippen molar-refractivity contribution < 1.29 is 66.9 Å². The van der Waals surface area contributed by atoms with Crippen LogP contribution in [-0.4, -0.2) is 127 Å². The zero-order valence-corrected chi connectivity index (χ0v) is 60.6. The number of carbonyl (C=O) groups excluding carboxylic acids is 10. The van der Waals surface area contributed by atoms with Crippen molar-refractivity contribution in [2.75, 3.05) is 19.7 Å². The van der Waals surface area contributed by atoms with Crippen LogP contribution in [0.1, 0.15) is 202 Å². The summed E-state index contributed by atoms with van der Waals surface area (Å²) in [5, 5.41) is 14.1. The number of ketones is 1. The number of urea groups is 1. The fourth-order valence-corrected chi connectivity index (χ4v) is 22.1. The van der Waals surface area contributed by atoms with Crippen molar-refractivity contribution in [2.24, 2.45) is 11.3 Å². The number of carbonyl (C=O) groups is 8. The minimum atomic E-state index is -1.56. The predicted octanol–water partition coefficient (Wildman–Crippen LogP) is 12.4. The summed E-state index contributed by atoms with van der Waals surface area (Å²) >= 11 is -1.56. The summed E-state index contributed by atoms with van der Waals surface area (Å²) in [4.78, 5) is 124. The third-order valence-corrected chi connectivity index (χ3v) is 27.8. The fraction of sp³-hybridized carbons (Fsp3) is 0.620. The Morgan fingerprint density at radius 3 is 1.56 bits per heavy atom. The Bertz CT molecular complexity index is 2670. The number of amides is 5. The summed E-state index contributed by atoms with van der Waals surface area (Å²) in [6, 6.07) is 21.6. The van der Waals surface area contributed by atoms with Gasteiger partial charge in [0.05, 0.1) is 12.5 Å². The average molecular weight is 1380 g/mol. The molecule has 0 saturated heterocycles. The van der Waals surface area contributed by atoms with Gasteiger partial charge in [-0.3, -0.25) is 28.8 Å². The topological polar surface area (TPSA) is 268 Å². The van der Waals surface area contributed by atoms with E-state index in [0.29, 0.717) is 42.7 Å². The molecule has 3 aromatic carbocycles. The molecule has 0 aromatic heterocycles. The molecule has 4 atom stereocenters. The molecule has 5 amide bonds. The largest absolute Gasteiger partial charge is 0.373 e. The fourth-order valence-electron chi connectivity index (χ4n) is 9.64. The standard InChI is InChI=1S/C57H81N5O12.3C4H9.CO2.CH3.Sn/c1-54(2,3)46(62-53(70)61-44(52(69)74-57(10,11)12)30-31-48(65)72-55(4,5)6)25-19-20-32-58-50(67)45(34-38-21-15-13-16-22-38)60-47(64)37-71-43-28-26-39(27-29-43)33-41(51(68)73-56(7,8)9)35-42(63)36-59-49(66)40-23-17-14-18-24-40;3*1-3-4-2;2-1-3;;/h13-18,21-24,26-29,41,44-46H,19-20,25,30-37H2,1-12H3,(H,58,67)(H,59,66)(H,60,64)(H2,61,62,70);3*1,3-4H2,2H3;;1H3;/t41-,44+,45+,46+;;;;;;/m1....../s1. The molecule has 0 aliphatic rings. The second-order valence-electron chi connectivity index (χ2n) is 27.7. The Labute approximate surface area is 547 Å². The van der Waals surface area contributed by atoms with Crippen LogP contribution in [0.4, 0.5) is 4.79 Å². The minimum absolute atomic E-state index is 0.0155. The minimum Gasteiger partial charge on any atom is -0.186 e. The maximum Gasteiger partial charge on any atom is 0.373 e. The second kappa shape index (κ2) is 42.5. The van der Waals surface area contributed by atoms with E-state index in [9.17, 15) is 38.4 Å². The number of unbranched alkanes of at least 4 members (excludes halogenated alkanes) is 4. The molecule has 3 aromatic rings. The number of rotatable bonds is 35. The van der Waals surface area contributed by atoms with E-state index < -0.39 is 95.5 Å². The number of esters is 3. The van der Waals surface area contributed by atoms with Crippen molar-refractivity contribution in [1.82, 2.24) is 26.6 Å². The maximum absolute atomic E-state index is 13.6. The third-order valence-electron chi connectivity index (χ3n) is 14.4. The molecule has 20 heteroatoms. The monoisotopic (exact) mass is 1380 g/mol. The van der Waals surface area contributed by atoms with E-state index in [1.807, 2.05) is 51.1 Å².